The molecule has 2 aliphatic carbocycles. The molecule has 4 fully saturated rings. The number of piperidine rings is 3. The Kier molecular flexibility index (Phi) is 5.11. The number of carbonyl (C=O) groups is 1. The van der Waals surface area contributed by atoms with Crippen LogP contribution in [-0.2, 0) is 11.8 Å². The average molecular weight is 459 g/mol. The van der Waals surface area contributed by atoms with Crippen molar-refractivity contribution in [1.82, 2.24) is 9.80 Å². The molecule has 3 heterocycles. The minimum atomic E-state index is -0.718. The molecule has 34 heavy (non-hydrogen) atoms. The molecule has 5 aliphatic rings. The second-order valence-corrected chi connectivity index (χ2v) is 12.4. The van der Waals surface area contributed by atoms with Gasteiger partial charge in [-0.15, -0.1) is 0 Å². The van der Waals surface area contributed by atoms with Crippen LogP contribution in [0.15, 0.2) is 42.5 Å². The van der Waals surface area contributed by atoms with E-state index in [9.17, 15) is 9.90 Å². The third-order valence-corrected chi connectivity index (χ3v) is 9.36. The molecule has 3 saturated heterocycles. The van der Waals surface area contributed by atoms with Gasteiger partial charge < -0.3 is 10.0 Å². The maximum Gasteiger partial charge on any atom is 0.408 e. The minimum Gasteiger partial charge on any atom is -0.465 e. The maximum atomic E-state index is 12.8. The van der Waals surface area contributed by atoms with Crippen molar-refractivity contribution in [2.24, 2.45) is 11.3 Å². The van der Waals surface area contributed by atoms with Gasteiger partial charge in [0.15, 0.2) is 0 Å². The number of aryl methyl sites for hydroxylation is 1. The first-order valence-electron chi connectivity index (χ1n) is 13.2. The van der Waals surface area contributed by atoms with Crippen LogP contribution in [0.25, 0.3) is 11.1 Å². The van der Waals surface area contributed by atoms with Crippen LogP contribution in [0.5, 0.6) is 0 Å². The fraction of sp³-hybridized carbons (Fsp3) is 0.567. The van der Waals surface area contributed by atoms with Crippen molar-refractivity contribution in [2.75, 3.05) is 19.6 Å². The lowest BCUT2D eigenvalue weighted by atomic mass is 9.73. The topological polar surface area (TPSA) is 43.8 Å². The molecule has 1 amide bonds. The van der Waals surface area contributed by atoms with E-state index in [1.807, 2.05) is 4.90 Å². The molecule has 3 aliphatic heterocycles. The van der Waals surface area contributed by atoms with Crippen LogP contribution in [0.3, 0.4) is 0 Å². The monoisotopic (exact) mass is 458 g/mol. The van der Waals surface area contributed by atoms with Gasteiger partial charge in [0, 0.05) is 6.54 Å². The van der Waals surface area contributed by atoms with E-state index in [2.05, 4.69) is 68.1 Å². The van der Waals surface area contributed by atoms with Crippen LogP contribution >= 0.6 is 0 Å². The number of nitrogens with zero attached hydrogens (tertiary/aromatic N) is 2. The third kappa shape index (κ3) is 3.66. The third-order valence-electron chi connectivity index (χ3n) is 9.36. The number of benzene rings is 2. The Morgan fingerprint density at radius 1 is 1.00 bits per heavy atom. The minimum absolute atomic E-state index is 0.0108. The summed E-state index contributed by atoms with van der Waals surface area (Å²) in [6, 6.07) is 16.0. The quantitative estimate of drug-likeness (QED) is 0.571. The van der Waals surface area contributed by atoms with Crippen LogP contribution < -0.4 is 0 Å². The summed E-state index contributed by atoms with van der Waals surface area (Å²) in [5, 5.41) is 10.5. The Morgan fingerprint density at radius 2 is 1.68 bits per heavy atom. The Labute approximate surface area is 204 Å². The second kappa shape index (κ2) is 7.84. The van der Waals surface area contributed by atoms with Crippen LogP contribution in [-0.4, -0.2) is 46.7 Å². The van der Waals surface area contributed by atoms with Crippen molar-refractivity contribution < 1.29 is 9.90 Å². The van der Waals surface area contributed by atoms with Crippen LogP contribution in [0, 0.1) is 11.3 Å². The summed E-state index contributed by atoms with van der Waals surface area (Å²) in [7, 11) is 0. The Hall–Kier alpha value is -2.33. The molecule has 4 nitrogen and oxygen atoms in total. The number of rotatable bonds is 3. The average Bonchev–Trinajstić information content (AvgIpc) is 3.61. The van der Waals surface area contributed by atoms with E-state index < -0.39 is 6.09 Å². The summed E-state index contributed by atoms with van der Waals surface area (Å²) in [4.78, 5) is 17.2. The van der Waals surface area contributed by atoms with Gasteiger partial charge in [0.05, 0.1) is 12.1 Å². The normalized spacial score (nSPS) is 29.0. The van der Waals surface area contributed by atoms with Gasteiger partial charge >= 0.3 is 6.09 Å². The van der Waals surface area contributed by atoms with Gasteiger partial charge in [-0.25, -0.2) is 4.79 Å². The molecule has 0 radical (unpaired) electrons. The van der Waals surface area contributed by atoms with Gasteiger partial charge in [-0.1, -0.05) is 63.2 Å². The molecular formula is C30H38N2O2. The molecular weight excluding hydrogens is 420 g/mol. The number of carboxylic acid groups (broad SMARTS) is 1. The van der Waals surface area contributed by atoms with E-state index in [0.29, 0.717) is 5.92 Å². The lowest BCUT2D eigenvalue weighted by Gasteiger charge is -2.52. The molecule has 7 rings (SSSR count). The standard InChI is InChI=1S/C30H38N2O2/c1-29(2,3)24-7-4-20(5-8-24)22-6-9-25-23(18-22)10-13-30(14-15-30)27(25)32(28(33)34)26-19-31-16-11-21(26)12-17-31/h4-9,18,21,26-27H,10-17,19H2,1-3H3,(H,33,34)/t26?,27-/m1/s1. The summed E-state index contributed by atoms with van der Waals surface area (Å²) in [6.45, 7) is 9.93. The van der Waals surface area contributed by atoms with E-state index in [-0.39, 0.29) is 22.9 Å². The Bertz CT molecular complexity index is 1090. The van der Waals surface area contributed by atoms with Gasteiger partial charge in [0.25, 0.3) is 0 Å². The Balaban J connectivity index is 1.36. The van der Waals surface area contributed by atoms with Gasteiger partial charge in [-0.05, 0) is 96.2 Å². The molecule has 0 aromatic heterocycles. The molecule has 4 heteroatoms. The highest BCUT2D eigenvalue weighted by molar-refractivity contribution is 5.69. The molecule has 2 aromatic carbocycles. The number of hydrogen-bond donors (Lipinski definition) is 1. The number of hydrogen-bond acceptors (Lipinski definition) is 2. The van der Waals surface area contributed by atoms with Crippen molar-refractivity contribution in [3.63, 3.8) is 0 Å². The highest BCUT2D eigenvalue weighted by atomic mass is 16.4. The maximum absolute atomic E-state index is 12.8. The fourth-order valence-corrected chi connectivity index (χ4v) is 7.10. The lowest BCUT2D eigenvalue weighted by molar-refractivity contribution is -0.0243. The molecule has 2 bridgehead atoms. The first kappa shape index (κ1) is 22.2. The molecule has 2 atom stereocenters. The molecule has 180 valence electrons. The molecule has 2 aromatic rings. The first-order chi connectivity index (χ1) is 16.2. The van der Waals surface area contributed by atoms with Gasteiger partial charge in [-0.2, -0.15) is 0 Å². The highest BCUT2D eigenvalue weighted by Gasteiger charge is 2.57. The van der Waals surface area contributed by atoms with Crippen molar-refractivity contribution in [3.05, 3.63) is 59.2 Å². The number of fused-ring (bicyclic) bond motifs is 4. The second-order valence-electron chi connectivity index (χ2n) is 12.4. The summed E-state index contributed by atoms with van der Waals surface area (Å²) in [6.07, 6.45) is 6.07. The largest absolute Gasteiger partial charge is 0.465 e. The zero-order valence-corrected chi connectivity index (χ0v) is 20.9. The lowest BCUT2D eigenvalue weighted by Crippen LogP contribution is -2.60. The predicted octanol–water partition coefficient (Wildman–Crippen LogP) is 6.49. The van der Waals surface area contributed by atoms with Crippen molar-refractivity contribution >= 4 is 6.09 Å². The van der Waals surface area contributed by atoms with Crippen molar-refractivity contribution in [3.8, 4) is 11.1 Å². The molecule has 1 saturated carbocycles. The van der Waals surface area contributed by atoms with Gasteiger partial charge in [0.1, 0.15) is 0 Å². The van der Waals surface area contributed by atoms with E-state index in [0.717, 1.165) is 58.2 Å². The SMILES string of the molecule is CC(C)(C)c1ccc(-c2ccc3c(c2)CCC2(CC2)[C@@H]3N(C(=O)O)C2CN3CCC2CC3)cc1. The van der Waals surface area contributed by atoms with Crippen LogP contribution in [0.4, 0.5) is 4.79 Å². The summed E-state index contributed by atoms with van der Waals surface area (Å²) in [5.74, 6) is 0.517. The van der Waals surface area contributed by atoms with E-state index >= 15 is 0 Å². The van der Waals surface area contributed by atoms with E-state index in [4.69, 9.17) is 0 Å². The number of amides is 1. The Morgan fingerprint density at radius 3 is 2.24 bits per heavy atom. The zero-order chi connectivity index (χ0) is 23.7. The van der Waals surface area contributed by atoms with Crippen LogP contribution in [0.1, 0.15) is 75.6 Å². The molecule has 1 unspecified atom stereocenters. The zero-order valence-electron chi connectivity index (χ0n) is 20.9. The van der Waals surface area contributed by atoms with Crippen LogP contribution in [0.2, 0.25) is 0 Å². The molecule has 1 N–H and O–H groups in total. The smallest absolute Gasteiger partial charge is 0.408 e. The highest BCUT2D eigenvalue weighted by Crippen LogP contribution is 2.63. The first-order valence-corrected chi connectivity index (χ1v) is 13.2. The summed E-state index contributed by atoms with van der Waals surface area (Å²) < 4.78 is 0. The van der Waals surface area contributed by atoms with Gasteiger partial charge in [-0.3, -0.25) is 4.90 Å². The van der Waals surface area contributed by atoms with E-state index in [1.54, 1.807) is 0 Å². The van der Waals surface area contributed by atoms with Gasteiger partial charge in [0.2, 0.25) is 0 Å². The van der Waals surface area contributed by atoms with E-state index in [1.165, 1.54) is 27.8 Å². The fourth-order valence-electron chi connectivity index (χ4n) is 7.10. The summed E-state index contributed by atoms with van der Waals surface area (Å²) in [5.41, 5.74) is 6.77. The van der Waals surface area contributed by atoms with Crippen molar-refractivity contribution in [1.29, 1.82) is 0 Å². The summed E-state index contributed by atoms with van der Waals surface area (Å²) >= 11 is 0. The van der Waals surface area contributed by atoms with Crippen molar-refractivity contribution in [2.45, 2.75) is 76.8 Å². The molecule has 1 spiro atoms. The predicted molar refractivity (Wildman–Crippen MR) is 136 cm³/mol.